The molecule has 3 aromatic rings. The lowest BCUT2D eigenvalue weighted by atomic mass is 9.85. The van der Waals surface area contributed by atoms with Crippen LogP contribution >= 0.6 is 11.8 Å². The Labute approximate surface area is 197 Å². The van der Waals surface area contributed by atoms with Gasteiger partial charge in [-0.15, -0.1) is 10.2 Å². The summed E-state index contributed by atoms with van der Waals surface area (Å²) in [7, 11) is 0. The van der Waals surface area contributed by atoms with Crippen LogP contribution in [0.15, 0.2) is 47.6 Å². The number of anilines is 1. The van der Waals surface area contributed by atoms with Crippen LogP contribution < -0.4 is 14.8 Å². The zero-order valence-corrected chi connectivity index (χ0v) is 19.7. The van der Waals surface area contributed by atoms with Crippen LogP contribution in [0.3, 0.4) is 0 Å². The maximum Gasteiger partial charge on any atom is 0.234 e. The molecule has 8 heteroatoms. The molecule has 0 unspecified atom stereocenters. The predicted octanol–water partition coefficient (Wildman–Crippen LogP) is 5.46. The third kappa shape index (κ3) is 4.71. The molecule has 33 heavy (non-hydrogen) atoms. The number of benzene rings is 2. The number of nitrogens with one attached hydrogen (secondary N) is 1. The van der Waals surface area contributed by atoms with Gasteiger partial charge in [-0.3, -0.25) is 9.36 Å². The Balaban J connectivity index is 1.35. The second-order valence-electron chi connectivity index (χ2n) is 8.78. The summed E-state index contributed by atoms with van der Waals surface area (Å²) in [5.41, 5.74) is 2.95. The summed E-state index contributed by atoms with van der Waals surface area (Å²) in [5, 5.41) is 12.8. The van der Waals surface area contributed by atoms with Crippen molar-refractivity contribution in [3.05, 3.63) is 48.0 Å². The van der Waals surface area contributed by atoms with Gasteiger partial charge in [0.05, 0.1) is 5.75 Å². The monoisotopic (exact) mass is 464 g/mol. The molecule has 2 aliphatic rings. The normalized spacial score (nSPS) is 19.5. The van der Waals surface area contributed by atoms with E-state index in [2.05, 4.69) is 58.2 Å². The topological polar surface area (TPSA) is 78.3 Å². The van der Waals surface area contributed by atoms with Crippen molar-refractivity contribution in [2.45, 2.75) is 50.7 Å². The number of aromatic nitrogens is 3. The van der Waals surface area contributed by atoms with Gasteiger partial charge >= 0.3 is 0 Å². The Bertz CT molecular complexity index is 1160. The number of ether oxygens (including phenoxy) is 2. The lowest BCUT2D eigenvalue weighted by Gasteiger charge is -2.31. The van der Waals surface area contributed by atoms with Gasteiger partial charge < -0.3 is 14.8 Å². The highest BCUT2D eigenvalue weighted by Crippen LogP contribution is 2.39. The van der Waals surface area contributed by atoms with Crippen molar-refractivity contribution in [2.24, 2.45) is 5.92 Å². The van der Waals surface area contributed by atoms with Gasteiger partial charge in [0.15, 0.2) is 22.5 Å². The molecule has 1 aliphatic carbocycles. The first-order chi connectivity index (χ1) is 16.1. The third-order valence-electron chi connectivity index (χ3n) is 6.33. The fraction of sp³-hybridized carbons (Fsp3) is 0.400. The van der Waals surface area contributed by atoms with Crippen LogP contribution in [0.1, 0.15) is 44.2 Å². The average Bonchev–Trinajstić information content (AvgIpc) is 3.45. The summed E-state index contributed by atoms with van der Waals surface area (Å²) in [6, 6.07) is 14.1. The van der Waals surface area contributed by atoms with Crippen LogP contribution in [0.2, 0.25) is 0 Å². The standard InChI is InChI=1S/C25H28N4O3S/c1-16-6-5-8-18(12-16)24-27-28-25(29(24)20-9-4-3-7-17(20)2)33-14-23(30)26-19-10-11-21-22(13-19)32-15-31-21/h5-6,8,10-13,17,20H,3-4,7,9,14-15H2,1-2H3,(H,26,30)/t17-,20+/m1/s1. The minimum atomic E-state index is -0.0952. The zero-order chi connectivity index (χ0) is 22.8. The highest BCUT2D eigenvalue weighted by atomic mass is 32.2. The van der Waals surface area contributed by atoms with E-state index in [0.29, 0.717) is 29.1 Å². The first-order valence-corrected chi connectivity index (χ1v) is 12.4. The van der Waals surface area contributed by atoms with Gasteiger partial charge in [-0.25, -0.2) is 0 Å². The number of nitrogens with zero attached hydrogens (tertiary/aromatic N) is 3. The number of fused-ring (bicyclic) bond motifs is 1. The van der Waals surface area contributed by atoms with Crippen molar-refractivity contribution in [3.8, 4) is 22.9 Å². The van der Waals surface area contributed by atoms with Crippen molar-refractivity contribution in [1.29, 1.82) is 0 Å². The summed E-state index contributed by atoms with van der Waals surface area (Å²) in [4.78, 5) is 12.7. The van der Waals surface area contributed by atoms with E-state index in [0.717, 1.165) is 23.0 Å². The van der Waals surface area contributed by atoms with Crippen molar-refractivity contribution in [3.63, 3.8) is 0 Å². The van der Waals surface area contributed by atoms with Gasteiger partial charge in [-0.2, -0.15) is 0 Å². The highest BCUT2D eigenvalue weighted by molar-refractivity contribution is 7.99. The fourth-order valence-corrected chi connectivity index (χ4v) is 5.43. The van der Waals surface area contributed by atoms with Gasteiger partial charge in [0.1, 0.15) is 0 Å². The molecule has 1 aliphatic heterocycles. The van der Waals surface area contributed by atoms with E-state index in [1.807, 2.05) is 6.07 Å². The lowest BCUT2D eigenvalue weighted by Crippen LogP contribution is -2.23. The van der Waals surface area contributed by atoms with E-state index in [9.17, 15) is 4.79 Å². The maximum atomic E-state index is 12.7. The van der Waals surface area contributed by atoms with Gasteiger partial charge in [-0.1, -0.05) is 55.3 Å². The summed E-state index contributed by atoms with van der Waals surface area (Å²) in [5.74, 6) is 2.93. The van der Waals surface area contributed by atoms with Crippen LogP contribution in [-0.4, -0.2) is 33.2 Å². The van der Waals surface area contributed by atoms with Gasteiger partial charge in [0.2, 0.25) is 12.7 Å². The maximum absolute atomic E-state index is 12.7. The third-order valence-corrected chi connectivity index (χ3v) is 7.27. The molecule has 1 N–H and O–H groups in total. The molecule has 0 radical (unpaired) electrons. The Morgan fingerprint density at radius 1 is 1.12 bits per heavy atom. The molecule has 172 valence electrons. The highest BCUT2D eigenvalue weighted by Gasteiger charge is 2.29. The van der Waals surface area contributed by atoms with Crippen LogP contribution in [0, 0.1) is 12.8 Å². The number of carbonyl (C=O) groups excluding carboxylic acids is 1. The van der Waals surface area contributed by atoms with Crippen molar-refractivity contribution in [2.75, 3.05) is 17.9 Å². The number of aryl methyl sites for hydroxylation is 1. The number of carbonyl (C=O) groups is 1. The number of rotatable bonds is 6. The van der Waals surface area contributed by atoms with Crippen molar-refractivity contribution in [1.82, 2.24) is 14.8 Å². The van der Waals surface area contributed by atoms with Crippen LogP contribution in [0.4, 0.5) is 5.69 Å². The predicted molar refractivity (Wildman–Crippen MR) is 129 cm³/mol. The first kappa shape index (κ1) is 21.8. The molecule has 2 aromatic carbocycles. The molecular formula is C25H28N4O3S. The van der Waals surface area contributed by atoms with Crippen LogP contribution in [0.25, 0.3) is 11.4 Å². The second kappa shape index (κ2) is 9.47. The molecule has 1 aromatic heterocycles. The zero-order valence-electron chi connectivity index (χ0n) is 18.9. The van der Waals surface area contributed by atoms with E-state index >= 15 is 0 Å². The summed E-state index contributed by atoms with van der Waals surface area (Å²) >= 11 is 1.44. The average molecular weight is 465 g/mol. The number of thioether (sulfide) groups is 1. The van der Waals surface area contributed by atoms with Crippen molar-refractivity contribution >= 4 is 23.4 Å². The summed E-state index contributed by atoms with van der Waals surface area (Å²) < 4.78 is 13.0. The van der Waals surface area contributed by atoms with E-state index in [1.165, 1.54) is 36.6 Å². The van der Waals surface area contributed by atoms with Crippen LogP contribution in [-0.2, 0) is 4.79 Å². The van der Waals surface area contributed by atoms with Gasteiger partial charge in [-0.05, 0) is 43.9 Å². The molecular weight excluding hydrogens is 436 g/mol. The Morgan fingerprint density at radius 3 is 2.82 bits per heavy atom. The van der Waals surface area contributed by atoms with E-state index in [1.54, 1.807) is 12.1 Å². The smallest absolute Gasteiger partial charge is 0.234 e. The molecule has 0 spiro atoms. The van der Waals surface area contributed by atoms with E-state index in [-0.39, 0.29) is 18.5 Å². The molecule has 0 saturated heterocycles. The van der Waals surface area contributed by atoms with Crippen molar-refractivity contribution < 1.29 is 14.3 Å². The van der Waals surface area contributed by atoms with E-state index < -0.39 is 0 Å². The fourth-order valence-electron chi connectivity index (χ4n) is 4.64. The summed E-state index contributed by atoms with van der Waals surface area (Å²) in [6.07, 6.45) is 4.77. The van der Waals surface area contributed by atoms with Gasteiger partial charge in [0, 0.05) is 23.4 Å². The molecule has 7 nitrogen and oxygen atoms in total. The number of hydrogen-bond acceptors (Lipinski definition) is 6. The Morgan fingerprint density at radius 2 is 1.97 bits per heavy atom. The van der Waals surface area contributed by atoms with Crippen LogP contribution in [0.5, 0.6) is 11.5 Å². The molecule has 2 atom stereocenters. The molecule has 1 saturated carbocycles. The Kier molecular flexibility index (Phi) is 6.26. The first-order valence-electron chi connectivity index (χ1n) is 11.4. The molecule has 0 bridgehead atoms. The number of amides is 1. The molecule has 1 fully saturated rings. The number of hydrogen-bond donors (Lipinski definition) is 1. The lowest BCUT2D eigenvalue weighted by molar-refractivity contribution is -0.113. The van der Waals surface area contributed by atoms with Gasteiger partial charge in [0.25, 0.3) is 0 Å². The van der Waals surface area contributed by atoms with E-state index in [4.69, 9.17) is 9.47 Å². The minimum Gasteiger partial charge on any atom is -0.454 e. The SMILES string of the molecule is Cc1cccc(-c2nnc(SCC(=O)Nc3ccc4c(c3)OCO4)n2[C@H]2CCCC[C@H]2C)c1. The largest absolute Gasteiger partial charge is 0.454 e. The second-order valence-corrected chi connectivity index (χ2v) is 9.72. The minimum absolute atomic E-state index is 0.0952. The quantitative estimate of drug-likeness (QED) is 0.488. The molecule has 1 amide bonds. The Hall–Kier alpha value is -3.00. The molecule has 2 heterocycles. The molecule has 5 rings (SSSR count). The summed E-state index contributed by atoms with van der Waals surface area (Å²) in [6.45, 7) is 4.61.